The maximum atomic E-state index is 12.2. The van der Waals surface area contributed by atoms with E-state index in [1.54, 1.807) is 25.9 Å². The molecule has 21 heteroatoms. The summed E-state index contributed by atoms with van der Waals surface area (Å²) >= 11 is 3.16. The van der Waals surface area contributed by atoms with Gasteiger partial charge in [0.1, 0.15) is 11.4 Å². The van der Waals surface area contributed by atoms with E-state index in [0.717, 1.165) is 34.9 Å². The molecule has 0 radical (unpaired) electrons. The Kier molecular flexibility index (Phi) is 19.6. The van der Waals surface area contributed by atoms with Crippen molar-refractivity contribution in [2.75, 3.05) is 56.9 Å². The monoisotopic (exact) mass is 878 g/mol. The van der Waals surface area contributed by atoms with Crippen molar-refractivity contribution in [1.82, 2.24) is 9.80 Å². The van der Waals surface area contributed by atoms with E-state index in [4.69, 9.17) is 10.3 Å². The van der Waals surface area contributed by atoms with Gasteiger partial charge in [-0.2, -0.15) is 0 Å². The third kappa shape index (κ3) is 16.6. The maximum Gasteiger partial charge on any atom is 0.293 e. The molecule has 1 amide bonds. The average molecular weight is 879 g/mol. The summed E-state index contributed by atoms with van der Waals surface area (Å²) in [6.07, 6.45) is 0.877. The molecule has 0 aliphatic rings. The molecule has 0 aliphatic heterocycles. The quantitative estimate of drug-likeness (QED) is 0.0501. The lowest BCUT2D eigenvalue weighted by Crippen LogP contribution is -2.32. The van der Waals surface area contributed by atoms with E-state index in [1.165, 1.54) is 40.9 Å². The fourth-order valence-electron chi connectivity index (χ4n) is 4.95. The molecule has 0 bridgehead atoms. The van der Waals surface area contributed by atoms with Gasteiger partial charge in [0.15, 0.2) is 0 Å². The van der Waals surface area contributed by atoms with Gasteiger partial charge >= 0.3 is 0 Å². The first-order valence-corrected chi connectivity index (χ1v) is 22.2. The highest BCUT2D eigenvalue weighted by molar-refractivity contribution is 7.99. The Hall–Kier alpha value is -4.77. The van der Waals surface area contributed by atoms with Crippen LogP contribution in [-0.2, 0) is 24.8 Å². The van der Waals surface area contributed by atoms with Gasteiger partial charge in [-0.1, -0.05) is 43.8 Å². The Bertz CT molecular complexity index is 2200. The second-order valence-electron chi connectivity index (χ2n) is 13.0. The van der Waals surface area contributed by atoms with Crippen molar-refractivity contribution in [2.45, 2.75) is 51.9 Å². The lowest BCUT2D eigenvalue weighted by Gasteiger charge is -2.21. The van der Waals surface area contributed by atoms with Crippen LogP contribution in [0.2, 0.25) is 0 Å². The fourth-order valence-corrected chi connectivity index (χ4v) is 7.95. The predicted molar refractivity (Wildman–Crippen MR) is 231 cm³/mol. The number of rotatable bonds is 19. The van der Waals surface area contributed by atoms with Crippen LogP contribution in [0.3, 0.4) is 0 Å². The molecule has 4 aromatic carbocycles. The molecule has 0 fully saturated rings. The zero-order valence-electron chi connectivity index (χ0n) is 31.7. The van der Waals surface area contributed by atoms with Crippen LogP contribution < -0.4 is 20.9 Å². The van der Waals surface area contributed by atoms with Crippen LogP contribution in [0.5, 0.6) is 0 Å². The highest BCUT2D eigenvalue weighted by Gasteiger charge is 2.24. The summed E-state index contributed by atoms with van der Waals surface area (Å²) in [5, 5.41) is 39.3. The molecule has 0 aromatic heterocycles. The summed E-state index contributed by atoms with van der Waals surface area (Å²) in [6, 6.07) is 26.0. The SMILES string of the molecule is C.CN(C)C(=O)C[C@H](CSc1ccccc1)Nc1ccc(S(N)(=O)=O)cc1[N+](=O)[O-].CN(C)CC[C@H](CSc1ccccc1)Nc1ccc(S(N)(=O)=O)cc1[N+](=O)[O-]. The molecule has 0 aliphatic carbocycles. The molecule has 316 valence electrons. The van der Waals surface area contributed by atoms with E-state index in [0.29, 0.717) is 11.5 Å². The zero-order chi connectivity index (χ0) is 42.3. The third-order valence-electron chi connectivity index (χ3n) is 7.94. The second kappa shape index (κ2) is 23.0. The van der Waals surface area contributed by atoms with Gasteiger partial charge in [0.25, 0.3) is 11.4 Å². The number of carbonyl (C=O) groups is 1. The second-order valence-corrected chi connectivity index (χ2v) is 18.3. The largest absolute Gasteiger partial charge is 0.376 e. The first-order valence-electron chi connectivity index (χ1n) is 17.1. The number of carbonyl (C=O) groups excluding carboxylic acids is 1. The normalized spacial score (nSPS) is 12.3. The Morgan fingerprint density at radius 3 is 1.45 bits per heavy atom. The minimum absolute atomic E-state index is 0. The molecule has 17 nitrogen and oxygen atoms in total. The van der Waals surface area contributed by atoms with Crippen molar-refractivity contribution in [3.63, 3.8) is 0 Å². The molecular formula is C37H50N8O9S4. The molecule has 58 heavy (non-hydrogen) atoms. The van der Waals surface area contributed by atoms with Gasteiger partial charge < -0.3 is 20.4 Å². The van der Waals surface area contributed by atoms with Crippen LogP contribution in [0.1, 0.15) is 20.3 Å². The number of hydrogen-bond acceptors (Lipinski definition) is 14. The van der Waals surface area contributed by atoms with Crippen LogP contribution in [0.15, 0.2) is 117 Å². The van der Waals surface area contributed by atoms with Crippen molar-refractivity contribution in [1.29, 1.82) is 0 Å². The number of benzene rings is 4. The van der Waals surface area contributed by atoms with Gasteiger partial charge in [-0.25, -0.2) is 27.1 Å². The molecule has 2 atom stereocenters. The van der Waals surface area contributed by atoms with E-state index in [9.17, 15) is 41.9 Å². The maximum absolute atomic E-state index is 12.2. The Labute approximate surface area is 348 Å². The molecule has 0 unspecified atom stereocenters. The van der Waals surface area contributed by atoms with Crippen LogP contribution in [0.4, 0.5) is 22.7 Å². The molecule has 4 aromatic rings. The van der Waals surface area contributed by atoms with Crippen LogP contribution >= 0.6 is 23.5 Å². The number of nitro benzene ring substituents is 2. The van der Waals surface area contributed by atoms with Gasteiger partial charge in [0, 0.05) is 66.0 Å². The fraction of sp³-hybridized carbons (Fsp3) is 0.324. The van der Waals surface area contributed by atoms with Crippen LogP contribution in [-0.4, -0.2) is 101 Å². The van der Waals surface area contributed by atoms with E-state index < -0.39 is 41.6 Å². The lowest BCUT2D eigenvalue weighted by atomic mass is 10.2. The standard InChI is InChI=1S/C18H22N4O5S2.C18H24N4O4S2.CH4/c1-21(2)18(23)10-13(12-28-14-6-4-3-5-7-14)20-16-9-8-15(29(19,26)27)11-17(16)22(24)25;1-21(2)11-10-14(13-27-15-6-4-3-5-7-15)20-17-9-8-16(28(19,25)26)12-18(17)22(23)24;/h3-9,11,13,20H,10,12H2,1-2H3,(H2,19,26,27);3-9,12,14,20H,10-11,13H2,1-2H3,(H2,19,25,26);1H4/t13-;14-;/m11./s1. The average Bonchev–Trinajstić information content (AvgIpc) is 3.15. The third-order valence-corrected chi connectivity index (χ3v) is 12.1. The summed E-state index contributed by atoms with van der Waals surface area (Å²) in [4.78, 5) is 38.8. The van der Waals surface area contributed by atoms with E-state index in [2.05, 4.69) is 10.6 Å². The predicted octanol–water partition coefficient (Wildman–Crippen LogP) is 5.70. The van der Waals surface area contributed by atoms with Gasteiger partial charge in [-0.15, -0.1) is 23.5 Å². The van der Waals surface area contributed by atoms with Crippen LogP contribution in [0, 0.1) is 20.2 Å². The van der Waals surface area contributed by atoms with E-state index in [-0.39, 0.29) is 52.6 Å². The van der Waals surface area contributed by atoms with Crippen molar-refractivity contribution >= 4 is 72.2 Å². The Morgan fingerprint density at radius 2 is 1.09 bits per heavy atom. The van der Waals surface area contributed by atoms with Gasteiger partial charge in [0.2, 0.25) is 26.0 Å². The summed E-state index contributed by atoms with van der Waals surface area (Å²) in [5.74, 6) is 1.03. The number of primary sulfonamides is 2. The van der Waals surface area contributed by atoms with Gasteiger partial charge in [-0.05, 0) is 75.6 Å². The molecule has 0 saturated heterocycles. The summed E-state index contributed by atoms with van der Waals surface area (Å²) in [5.41, 5.74) is -0.350. The topological polar surface area (TPSA) is 254 Å². The van der Waals surface area contributed by atoms with Crippen molar-refractivity contribution in [3.8, 4) is 0 Å². The number of nitrogens with zero attached hydrogens (tertiary/aromatic N) is 4. The number of thioether (sulfide) groups is 2. The number of nitro groups is 2. The highest BCUT2D eigenvalue weighted by Crippen LogP contribution is 2.31. The van der Waals surface area contributed by atoms with Gasteiger partial charge in [-0.3, -0.25) is 25.0 Å². The number of nitrogens with one attached hydrogen (secondary N) is 2. The zero-order valence-corrected chi connectivity index (χ0v) is 34.9. The first kappa shape index (κ1) is 49.4. The number of amides is 1. The first-order chi connectivity index (χ1) is 26.7. The minimum Gasteiger partial charge on any atom is -0.376 e. The van der Waals surface area contributed by atoms with Crippen molar-refractivity contribution in [2.24, 2.45) is 10.3 Å². The molecule has 0 heterocycles. The Morgan fingerprint density at radius 1 is 0.690 bits per heavy atom. The number of hydrogen-bond donors (Lipinski definition) is 4. The summed E-state index contributed by atoms with van der Waals surface area (Å²) in [6.45, 7) is 0.802. The Balaban J connectivity index is 0.000000394. The molecular weight excluding hydrogens is 829 g/mol. The minimum atomic E-state index is -4.08. The number of nitrogens with two attached hydrogens (primary N) is 2. The molecule has 6 N–H and O–H groups in total. The number of sulfonamides is 2. The smallest absolute Gasteiger partial charge is 0.293 e. The van der Waals surface area contributed by atoms with E-state index in [1.807, 2.05) is 79.7 Å². The molecule has 0 saturated carbocycles. The summed E-state index contributed by atoms with van der Waals surface area (Å²) < 4.78 is 46.0. The van der Waals surface area contributed by atoms with Gasteiger partial charge in [0.05, 0.1) is 19.6 Å². The molecule has 0 spiro atoms. The highest BCUT2D eigenvalue weighted by atomic mass is 32.2. The van der Waals surface area contributed by atoms with E-state index >= 15 is 0 Å². The van der Waals surface area contributed by atoms with Crippen molar-refractivity contribution < 1.29 is 31.5 Å². The van der Waals surface area contributed by atoms with Crippen molar-refractivity contribution in [3.05, 3.63) is 117 Å². The molecule has 4 rings (SSSR count). The summed E-state index contributed by atoms with van der Waals surface area (Å²) in [7, 11) is -0.902. The van der Waals surface area contributed by atoms with Crippen LogP contribution in [0.25, 0.3) is 0 Å². The lowest BCUT2D eigenvalue weighted by molar-refractivity contribution is -0.384. The number of anilines is 2.